The molecule has 0 saturated heterocycles. The fourth-order valence-electron chi connectivity index (χ4n) is 2.22. The number of carbonyl (C=O) groups is 3. The second-order valence-corrected chi connectivity index (χ2v) is 7.80. The highest BCUT2D eigenvalue weighted by Crippen LogP contribution is 2.11. The molecular weight excluding hydrogens is 346 g/mol. The lowest BCUT2D eigenvalue weighted by atomic mass is 10.1. The van der Waals surface area contributed by atoms with Crippen LogP contribution in [0.5, 0.6) is 0 Å². The highest BCUT2D eigenvalue weighted by atomic mass is 16.6. The molecule has 3 N–H and O–H groups in total. The Labute approximate surface area is 161 Å². The van der Waals surface area contributed by atoms with Crippen LogP contribution in [-0.2, 0) is 20.9 Å². The van der Waals surface area contributed by atoms with Gasteiger partial charge in [0.05, 0.1) is 0 Å². The van der Waals surface area contributed by atoms with E-state index in [4.69, 9.17) is 4.74 Å². The minimum Gasteiger partial charge on any atom is -0.444 e. The van der Waals surface area contributed by atoms with E-state index in [2.05, 4.69) is 16.0 Å². The van der Waals surface area contributed by atoms with E-state index in [9.17, 15) is 14.4 Å². The van der Waals surface area contributed by atoms with Crippen molar-refractivity contribution in [3.05, 3.63) is 29.8 Å². The lowest BCUT2D eigenvalue weighted by Crippen LogP contribution is -2.34. The van der Waals surface area contributed by atoms with Gasteiger partial charge in [-0.1, -0.05) is 26.0 Å². The Morgan fingerprint density at radius 1 is 1.07 bits per heavy atom. The van der Waals surface area contributed by atoms with Crippen molar-refractivity contribution in [2.45, 2.75) is 59.6 Å². The molecule has 150 valence electrons. The predicted molar refractivity (Wildman–Crippen MR) is 105 cm³/mol. The van der Waals surface area contributed by atoms with E-state index in [1.54, 1.807) is 26.8 Å². The van der Waals surface area contributed by atoms with Crippen LogP contribution in [0.4, 0.5) is 10.5 Å². The molecule has 7 nitrogen and oxygen atoms in total. The molecule has 1 aromatic carbocycles. The zero-order valence-corrected chi connectivity index (χ0v) is 16.8. The Kier molecular flexibility index (Phi) is 8.78. The van der Waals surface area contributed by atoms with Gasteiger partial charge in [0.15, 0.2) is 0 Å². The first-order valence-electron chi connectivity index (χ1n) is 9.17. The van der Waals surface area contributed by atoms with Gasteiger partial charge in [0.25, 0.3) is 0 Å². The molecule has 0 atom stereocenters. The van der Waals surface area contributed by atoms with Crippen molar-refractivity contribution in [2.75, 3.05) is 11.9 Å². The summed E-state index contributed by atoms with van der Waals surface area (Å²) in [6, 6.07) is 7.29. The molecule has 0 aliphatic heterocycles. The van der Waals surface area contributed by atoms with Gasteiger partial charge in [0, 0.05) is 31.6 Å². The molecule has 7 heteroatoms. The van der Waals surface area contributed by atoms with E-state index in [1.165, 1.54) is 0 Å². The number of nitrogens with one attached hydrogen (secondary N) is 3. The molecule has 27 heavy (non-hydrogen) atoms. The Morgan fingerprint density at radius 3 is 2.41 bits per heavy atom. The van der Waals surface area contributed by atoms with Crippen LogP contribution < -0.4 is 16.0 Å². The van der Waals surface area contributed by atoms with Gasteiger partial charge in [0.1, 0.15) is 5.60 Å². The van der Waals surface area contributed by atoms with E-state index >= 15 is 0 Å². The predicted octanol–water partition coefficient (Wildman–Crippen LogP) is 3.20. The Morgan fingerprint density at radius 2 is 1.78 bits per heavy atom. The molecule has 1 rings (SSSR count). The number of benzene rings is 1. The molecule has 0 heterocycles. The van der Waals surface area contributed by atoms with Gasteiger partial charge in [-0.05, 0) is 44.4 Å². The zero-order chi connectivity index (χ0) is 20.4. The minimum atomic E-state index is -0.572. The number of amides is 3. The summed E-state index contributed by atoms with van der Waals surface area (Å²) in [6.45, 7) is 9.91. The summed E-state index contributed by atoms with van der Waals surface area (Å²) in [7, 11) is 0. The smallest absolute Gasteiger partial charge is 0.407 e. The van der Waals surface area contributed by atoms with Crippen molar-refractivity contribution in [3.63, 3.8) is 0 Å². The molecule has 0 saturated carbocycles. The largest absolute Gasteiger partial charge is 0.444 e. The molecule has 0 unspecified atom stereocenters. The van der Waals surface area contributed by atoms with E-state index in [1.807, 2.05) is 32.0 Å². The minimum absolute atomic E-state index is 0.00709. The standard InChI is InChI=1S/C20H31N3O4/c1-14(2)11-18(25)22-13-15-7-6-8-16(12-15)23-17(24)9-10-21-19(26)27-20(3,4)5/h6-8,12,14H,9-11,13H2,1-5H3,(H,21,26)(H,22,25)(H,23,24). The molecule has 0 radical (unpaired) electrons. The summed E-state index contributed by atoms with van der Waals surface area (Å²) in [5.74, 6) is 0.101. The molecule has 0 aliphatic rings. The van der Waals surface area contributed by atoms with Gasteiger partial charge in [-0.2, -0.15) is 0 Å². The van der Waals surface area contributed by atoms with Gasteiger partial charge in [-0.25, -0.2) is 4.79 Å². The number of hydrogen-bond donors (Lipinski definition) is 3. The SMILES string of the molecule is CC(C)CC(=O)NCc1cccc(NC(=O)CCNC(=O)OC(C)(C)C)c1. The molecular formula is C20H31N3O4. The molecule has 0 fully saturated rings. The lowest BCUT2D eigenvalue weighted by Gasteiger charge is -2.19. The van der Waals surface area contributed by atoms with Crippen LogP contribution in [-0.4, -0.2) is 30.1 Å². The van der Waals surface area contributed by atoms with Crippen molar-refractivity contribution in [2.24, 2.45) is 5.92 Å². The fraction of sp³-hybridized carbons (Fsp3) is 0.550. The number of rotatable bonds is 8. The van der Waals surface area contributed by atoms with Crippen molar-refractivity contribution in [1.29, 1.82) is 0 Å². The molecule has 0 bridgehead atoms. The second-order valence-electron chi connectivity index (χ2n) is 7.80. The van der Waals surface area contributed by atoms with Crippen molar-refractivity contribution in [3.8, 4) is 0 Å². The number of hydrogen-bond acceptors (Lipinski definition) is 4. The fourth-order valence-corrected chi connectivity index (χ4v) is 2.22. The summed E-state index contributed by atoms with van der Waals surface area (Å²) in [4.78, 5) is 35.3. The molecule has 0 spiro atoms. The number of alkyl carbamates (subject to hydrolysis) is 1. The van der Waals surface area contributed by atoms with Crippen LogP contribution in [0.15, 0.2) is 24.3 Å². The number of anilines is 1. The lowest BCUT2D eigenvalue weighted by molar-refractivity contribution is -0.122. The van der Waals surface area contributed by atoms with E-state index in [0.29, 0.717) is 24.6 Å². The first-order chi connectivity index (χ1) is 12.5. The topological polar surface area (TPSA) is 96.5 Å². The maximum Gasteiger partial charge on any atom is 0.407 e. The highest BCUT2D eigenvalue weighted by Gasteiger charge is 2.15. The van der Waals surface area contributed by atoms with Crippen molar-refractivity contribution in [1.82, 2.24) is 10.6 Å². The van der Waals surface area contributed by atoms with Gasteiger partial charge < -0.3 is 20.7 Å². The van der Waals surface area contributed by atoms with Gasteiger partial charge in [-0.15, -0.1) is 0 Å². The third-order valence-electron chi connectivity index (χ3n) is 3.31. The maximum atomic E-state index is 12.0. The summed E-state index contributed by atoms with van der Waals surface area (Å²) in [5.41, 5.74) is 0.974. The monoisotopic (exact) mass is 377 g/mol. The van der Waals surface area contributed by atoms with Crippen LogP contribution >= 0.6 is 0 Å². The quantitative estimate of drug-likeness (QED) is 0.648. The van der Waals surface area contributed by atoms with Crippen LogP contribution in [0, 0.1) is 5.92 Å². The van der Waals surface area contributed by atoms with Crippen LogP contribution in [0.2, 0.25) is 0 Å². The summed E-state index contributed by atoms with van der Waals surface area (Å²) < 4.78 is 5.11. The Balaban J connectivity index is 2.40. The maximum absolute atomic E-state index is 12.0. The van der Waals surface area contributed by atoms with Crippen LogP contribution in [0.25, 0.3) is 0 Å². The molecule has 3 amide bonds. The molecule has 0 aliphatic carbocycles. The first kappa shape index (κ1) is 22.5. The normalized spacial score (nSPS) is 11.0. The third-order valence-corrected chi connectivity index (χ3v) is 3.31. The highest BCUT2D eigenvalue weighted by molar-refractivity contribution is 5.91. The van der Waals surface area contributed by atoms with E-state index in [0.717, 1.165) is 5.56 Å². The van der Waals surface area contributed by atoms with Crippen molar-refractivity contribution < 1.29 is 19.1 Å². The molecule has 0 aromatic heterocycles. The van der Waals surface area contributed by atoms with Crippen LogP contribution in [0.3, 0.4) is 0 Å². The summed E-state index contributed by atoms with van der Waals surface area (Å²) >= 11 is 0. The van der Waals surface area contributed by atoms with Gasteiger partial charge in [0.2, 0.25) is 11.8 Å². The number of carbonyl (C=O) groups excluding carboxylic acids is 3. The molecule has 1 aromatic rings. The second kappa shape index (κ2) is 10.5. The van der Waals surface area contributed by atoms with Gasteiger partial charge in [-0.3, -0.25) is 9.59 Å². The Hall–Kier alpha value is -2.57. The summed E-state index contributed by atoms with van der Waals surface area (Å²) in [6.07, 6.45) is 0.0739. The van der Waals surface area contributed by atoms with Crippen molar-refractivity contribution >= 4 is 23.6 Å². The van der Waals surface area contributed by atoms with Gasteiger partial charge >= 0.3 is 6.09 Å². The van der Waals surface area contributed by atoms with Crippen LogP contribution in [0.1, 0.15) is 53.0 Å². The zero-order valence-electron chi connectivity index (χ0n) is 16.8. The van der Waals surface area contributed by atoms with E-state index < -0.39 is 11.7 Å². The average molecular weight is 377 g/mol. The Bertz CT molecular complexity index is 651. The first-order valence-corrected chi connectivity index (χ1v) is 9.17. The van der Waals surface area contributed by atoms with E-state index in [-0.39, 0.29) is 24.8 Å². The average Bonchev–Trinajstić information content (AvgIpc) is 2.51. The number of ether oxygens (including phenoxy) is 1. The summed E-state index contributed by atoms with van der Waals surface area (Å²) in [5, 5.41) is 8.19. The third kappa shape index (κ3) is 10.9.